The monoisotopic (exact) mass is 293 g/mol. The Hall–Kier alpha value is -0.910. The van der Waals surface area contributed by atoms with Gasteiger partial charge in [0, 0.05) is 12.5 Å². The molecule has 20 heavy (non-hydrogen) atoms. The van der Waals surface area contributed by atoms with Crippen LogP contribution in [-0.2, 0) is 14.8 Å². The first-order chi connectivity index (χ1) is 9.55. The van der Waals surface area contributed by atoms with Crippen LogP contribution in [0.25, 0.3) is 0 Å². The Morgan fingerprint density at radius 1 is 1.20 bits per heavy atom. The first-order valence-corrected chi connectivity index (χ1v) is 8.70. The summed E-state index contributed by atoms with van der Waals surface area (Å²) >= 11 is 0. The maximum absolute atomic E-state index is 12.8. The van der Waals surface area contributed by atoms with Gasteiger partial charge in [0.2, 0.25) is 10.0 Å². The Bertz CT molecular complexity index is 623. The summed E-state index contributed by atoms with van der Waals surface area (Å²) in [5.41, 5.74) is 1.07. The van der Waals surface area contributed by atoms with Crippen molar-refractivity contribution >= 4 is 10.0 Å². The average Bonchev–Trinajstić information content (AvgIpc) is 2.90. The van der Waals surface area contributed by atoms with Crippen LogP contribution in [-0.4, -0.2) is 32.1 Å². The zero-order valence-corrected chi connectivity index (χ0v) is 12.3. The summed E-state index contributed by atoms with van der Waals surface area (Å²) in [5, 5.41) is 0. The lowest BCUT2D eigenvalue weighted by Gasteiger charge is -2.32. The Labute approximate surface area is 119 Å². The van der Waals surface area contributed by atoms with Crippen LogP contribution in [0, 0.1) is 24.7 Å². The first-order valence-electron chi connectivity index (χ1n) is 7.26. The van der Waals surface area contributed by atoms with Crippen LogP contribution in [0.2, 0.25) is 0 Å². The molecule has 3 fully saturated rings. The number of fused-ring (bicyclic) bond motifs is 1. The summed E-state index contributed by atoms with van der Waals surface area (Å²) in [6.07, 6.45) is 2.03. The van der Waals surface area contributed by atoms with Gasteiger partial charge in [0.15, 0.2) is 0 Å². The second-order valence-corrected chi connectivity index (χ2v) is 8.26. The zero-order chi connectivity index (χ0) is 13.9. The van der Waals surface area contributed by atoms with Crippen molar-refractivity contribution in [2.75, 3.05) is 13.2 Å². The molecule has 108 valence electrons. The molecule has 2 saturated heterocycles. The average molecular weight is 293 g/mol. The highest BCUT2D eigenvalue weighted by molar-refractivity contribution is 7.89. The zero-order valence-electron chi connectivity index (χ0n) is 11.5. The first kappa shape index (κ1) is 12.8. The van der Waals surface area contributed by atoms with Crippen molar-refractivity contribution in [3.63, 3.8) is 0 Å². The molecule has 4 atom stereocenters. The van der Waals surface area contributed by atoms with E-state index in [1.54, 1.807) is 16.4 Å². The molecule has 1 aromatic rings. The Morgan fingerprint density at radius 2 is 1.95 bits per heavy atom. The molecule has 2 aliphatic heterocycles. The Morgan fingerprint density at radius 3 is 2.70 bits per heavy atom. The van der Waals surface area contributed by atoms with Gasteiger partial charge in [-0.25, -0.2) is 8.42 Å². The molecule has 1 aromatic carbocycles. The van der Waals surface area contributed by atoms with Gasteiger partial charge in [-0.2, -0.15) is 4.31 Å². The minimum atomic E-state index is -3.43. The fraction of sp³-hybridized carbons (Fsp3) is 0.600. The summed E-state index contributed by atoms with van der Waals surface area (Å²) in [5.74, 6) is 1.56. The van der Waals surface area contributed by atoms with Gasteiger partial charge in [0.05, 0.1) is 11.5 Å². The number of hydrogen-bond donors (Lipinski definition) is 0. The minimum Gasteiger partial charge on any atom is -0.362 e. The minimum absolute atomic E-state index is 0.231. The standard InChI is InChI=1S/C15H19NO3S/c1-10-2-4-13(5-3-10)20(17,18)16-8-12-6-11-7-14(12)15(16)19-9-11/h2-5,11-12,14-15H,6-9H2,1H3/t11-,12-,14-,15-/m1/s1. The molecular weight excluding hydrogens is 274 g/mol. The highest BCUT2D eigenvalue weighted by atomic mass is 32.2. The third kappa shape index (κ3) is 1.76. The number of ether oxygens (including phenoxy) is 1. The molecule has 0 unspecified atom stereocenters. The van der Waals surface area contributed by atoms with Crippen molar-refractivity contribution in [2.45, 2.75) is 30.9 Å². The van der Waals surface area contributed by atoms with Crippen molar-refractivity contribution in [1.29, 1.82) is 0 Å². The molecular formula is C15H19NO3S. The van der Waals surface area contributed by atoms with Gasteiger partial charge in [-0.05, 0) is 43.7 Å². The number of hydrogen-bond acceptors (Lipinski definition) is 3. The molecule has 4 nitrogen and oxygen atoms in total. The molecule has 0 radical (unpaired) electrons. The van der Waals surface area contributed by atoms with E-state index < -0.39 is 10.0 Å². The quantitative estimate of drug-likeness (QED) is 0.838. The van der Waals surface area contributed by atoms with Gasteiger partial charge >= 0.3 is 0 Å². The van der Waals surface area contributed by atoms with Crippen LogP contribution >= 0.6 is 0 Å². The molecule has 0 spiro atoms. The van der Waals surface area contributed by atoms with Crippen molar-refractivity contribution in [3.05, 3.63) is 29.8 Å². The summed E-state index contributed by atoms with van der Waals surface area (Å²) < 4.78 is 33.1. The molecule has 5 heteroatoms. The highest BCUT2D eigenvalue weighted by Gasteiger charge is 2.54. The lowest BCUT2D eigenvalue weighted by molar-refractivity contribution is -0.0682. The van der Waals surface area contributed by atoms with Crippen molar-refractivity contribution in [2.24, 2.45) is 17.8 Å². The highest BCUT2D eigenvalue weighted by Crippen LogP contribution is 2.50. The van der Waals surface area contributed by atoms with Gasteiger partial charge in [0.25, 0.3) is 0 Å². The van der Waals surface area contributed by atoms with E-state index in [2.05, 4.69) is 0 Å². The van der Waals surface area contributed by atoms with E-state index in [1.807, 2.05) is 19.1 Å². The lowest BCUT2D eigenvalue weighted by Crippen LogP contribution is -2.43. The molecule has 4 rings (SSSR count). The molecule has 0 amide bonds. The predicted octanol–water partition coefficient (Wildman–Crippen LogP) is 2.00. The third-order valence-corrected chi connectivity index (χ3v) is 6.88. The molecule has 2 bridgehead atoms. The van der Waals surface area contributed by atoms with Crippen molar-refractivity contribution in [1.82, 2.24) is 4.31 Å². The third-order valence-electron chi connectivity index (χ3n) is 5.04. The second-order valence-electron chi connectivity index (χ2n) is 6.37. The summed E-state index contributed by atoms with van der Waals surface area (Å²) in [6.45, 7) is 3.31. The Balaban J connectivity index is 1.69. The van der Waals surface area contributed by atoms with Gasteiger partial charge in [0.1, 0.15) is 6.23 Å². The normalized spacial score (nSPS) is 36.5. The smallest absolute Gasteiger partial charge is 0.245 e. The lowest BCUT2D eigenvalue weighted by atomic mass is 9.99. The Kier molecular flexibility index (Phi) is 2.75. The predicted molar refractivity (Wildman–Crippen MR) is 74.5 cm³/mol. The van der Waals surface area contributed by atoms with E-state index in [-0.39, 0.29) is 6.23 Å². The summed E-state index contributed by atoms with van der Waals surface area (Å²) in [4.78, 5) is 0.383. The van der Waals surface area contributed by atoms with E-state index in [0.29, 0.717) is 29.2 Å². The number of rotatable bonds is 2. The molecule has 3 aliphatic rings. The number of nitrogens with zero attached hydrogens (tertiary/aromatic N) is 1. The molecule has 0 N–H and O–H groups in total. The van der Waals surface area contributed by atoms with Crippen molar-refractivity contribution < 1.29 is 13.2 Å². The second kappa shape index (κ2) is 4.29. The maximum atomic E-state index is 12.8. The molecule has 0 aromatic heterocycles. The van der Waals surface area contributed by atoms with E-state index in [4.69, 9.17) is 4.74 Å². The van der Waals surface area contributed by atoms with Gasteiger partial charge < -0.3 is 4.74 Å². The summed E-state index contributed by atoms with van der Waals surface area (Å²) in [7, 11) is -3.43. The van der Waals surface area contributed by atoms with Crippen molar-refractivity contribution in [3.8, 4) is 0 Å². The fourth-order valence-corrected chi connectivity index (χ4v) is 5.67. The van der Waals surface area contributed by atoms with Gasteiger partial charge in [-0.3, -0.25) is 0 Å². The molecule has 1 aliphatic carbocycles. The number of aryl methyl sites for hydroxylation is 1. The van der Waals surface area contributed by atoms with Crippen LogP contribution in [0.3, 0.4) is 0 Å². The summed E-state index contributed by atoms with van der Waals surface area (Å²) in [6, 6.07) is 7.10. The number of sulfonamides is 1. The van der Waals surface area contributed by atoms with Gasteiger partial charge in [-0.15, -0.1) is 0 Å². The largest absolute Gasteiger partial charge is 0.362 e. The topological polar surface area (TPSA) is 46.6 Å². The number of benzene rings is 1. The molecule has 2 heterocycles. The maximum Gasteiger partial charge on any atom is 0.245 e. The fourth-order valence-electron chi connectivity index (χ4n) is 4.04. The van der Waals surface area contributed by atoms with E-state index >= 15 is 0 Å². The van der Waals surface area contributed by atoms with Crippen LogP contribution in [0.1, 0.15) is 18.4 Å². The van der Waals surface area contributed by atoms with E-state index in [1.165, 1.54) is 0 Å². The van der Waals surface area contributed by atoms with Crippen LogP contribution < -0.4 is 0 Å². The molecule has 1 saturated carbocycles. The van der Waals surface area contributed by atoms with Crippen LogP contribution in [0.15, 0.2) is 29.2 Å². The van der Waals surface area contributed by atoms with E-state index in [9.17, 15) is 8.42 Å². The van der Waals surface area contributed by atoms with Gasteiger partial charge in [-0.1, -0.05) is 17.7 Å². The van der Waals surface area contributed by atoms with Crippen LogP contribution in [0.4, 0.5) is 0 Å². The SMILES string of the molecule is Cc1ccc(S(=O)(=O)N2C[C@H]3C[C@H]4CO[C@@H]2[C@@H]3C4)cc1. The van der Waals surface area contributed by atoms with Crippen LogP contribution in [0.5, 0.6) is 0 Å². The van der Waals surface area contributed by atoms with E-state index in [0.717, 1.165) is 25.0 Å².